The number of benzene rings is 1. The highest BCUT2D eigenvalue weighted by atomic mass is 79.9. The van der Waals surface area contributed by atoms with Gasteiger partial charge in [0.05, 0.1) is 26.8 Å². The molecule has 0 unspecified atom stereocenters. The van der Waals surface area contributed by atoms with Crippen molar-refractivity contribution in [2.75, 3.05) is 5.73 Å². The highest BCUT2D eigenvalue weighted by molar-refractivity contribution is 9.10. The van der Waals surface area contributed by atoms with Gasteiger partial charge in [0, 0.05) is 4.47 Å². The fraction of sp³-hybridized carbons (Fsp3) is 0. The zero-order valence-corrected chi connectivity index (χ0v) is 12.8. The highest BCUT2D eigenvalue weighted by Crippen LogP contribution is 2.33. The molecule has 3 aromatic rings. The van der Waals surface area contributed by atoms with Crippen molar-refractivity contribution in [3.05, 3.63) is 51.4 Å². The van der Waals surface area contributed by atoms with E-state index >= 15 is 0 Å². The SMILES string of the molecule is Nc1cn(-c2ccc(Br)cc2)nc1-c1ccc(Cl)s1. The standard InChI is InChI=1S/C13H9BrClN3S/c14-8-1-3-9(4-2-8)18-7-10(16)13(17-18)11-5-6-12(15)19-11/h1-7H,16H2. The Morgan fingerprint density at radius 3 is 2.53 bits per heavy atom. The molecule has 0 radical (unpaired) electrons. The first-order valence-electron chi connectivity index (χ1n) is 5.50. The number of rotatable bonds is 2. The lowest BCUT2D eigenvalue weighted by molar-refractivity contribution is 0.885. The van der Waals surface area contributed by atoms with Crippen LogP contribution in [0.1, 0.15) is 0 Å². The van der Waals surface area contributed by atoms with Gasteiger partial charge in [0.2, 0.25) is 0 Å². The first kappa shape index (κ1) is 12.7. The van der Waals surface area contributed by atoms with E-state index in [0.717, 1.165) is 25.1 Å². The molecule has 0 atom stereocenters. The van der Waals surface area contributed by atoms with Gasteiger partial charge < -0.3 is 5.73 Å². The molecular formula is C13H9BrClN3S. The Morgan fingerprint density at radius 2 is 1.89 bits per heavy atom. The summed E-state index contributed by atoms with van der Waals surface area (Å²) in [5, 5.41) is 4.52. The number of nitrogens with zero attached hydrogens (tertiary/aromatic N) is 2. The lowest BCUT2D eigenvalue weighted by Gasteiger charge is -2.00. The molecule has 0 saturated carbocycles. The predicted molar refractivity (Wildman–Crippen MR) is 84.0 cm³/mol. The number of hydrogen-bond acceptors (Lipinski definition) is 3. The van der Waals surface area contributed by atoms with Crippen molar-refractivity contribution < 1.29 is 0 Å². The topological polar surface area (TPSA) is 43.8 Å². The van der Waals surface area contributed by atoms with Crippen LogP contribution in [0.3, 0.4) is 0 Å². The van der Waals surface area contributed by atoms with Crippen molar-refractivity contribution in [1.29, 1.82) is 0 Å². The summed E-state index contributed by atoms with van der Waals surface area (Å²) in [4.78, 5) is 0.971. The molecular weight excluding hydrogens is 346 g/mol. The normalized spacial score (nSPS) is 10.8. The number of aromatic nitrogens is 2. The van der Waals surface area contributed by atoms with E-state index in [2.05, 4.69) is 21.0 Å². The molecule has 0 aliphatic rings. The van der Waals surface area contributed by atoms with E-state index < -0.39 is 0 Å². The Hall–Kier alpha value is -1.30. The summed E-state index contributed by atoms with van der Waals surface area (Å²) in [6.07, 6.45) is 1.81. The van der Waals surface area contributed by atoms with Crippen LogP contribution in [0.2, 0.25) is 4.34 Å². The lowest BCUT2D eigenvalue weighted by Crippen LogP contribution is -1.93. The summed E-state index contributed by atoms with van der Waals surface area (Å²) in [5.74, 6) is 0. The van der Waals surface area contributed by atoms with Crippen LogP contribution in [0.25, 0.3) is 16.3 Å². The van der Waals surface area contributed by atoms with E-state index in [0.29, 0.717) is 5.69 Å². The number of thiophene rings is 1. The molecule has 1 aromatic carbocycles. The second-order valence-electron chi connectivity index (χ2n) is 3.96. The van der Waals surface area contributed by atoms with E-state index in [-0.39, 0.29) is 0 Å². The third-order valence-electron chi connectivity index (χ3n) is 2.64. The van der Waals surface area contributed by atoms with Crippen LogP contribution in [0.15, 0.2) is 47.1 Å². The van der Waals surface area contributed by atoms with Crippen LogP contribution in [-0.4, -0.2) is 9.78 Å². The average Bonchev–Trinajstić information content (AvgIpc) is 2.96. The van der Waals surface area contributed by atoms with Crippen LogP contribution in [0.4, 0.5) is 5.69 Å². The maximum Gasteiger partial charge on any atom is 0.126 e. The molecule has 2 N–H and O–H groups in total. The quantitative estimate of drug-likeness (QED) is 0.731. The summed E-state index contributed by atoms with van der Waals surface area (Å²) in [6, 6.07) is 11.7. The molecule has 96 valence electrons. The van der Waals surface area contributed by atoms with E-state index in [1.807, 2.05) is 42.6 Å². The molecule has 19 heavy (non-hydrogen) atoms. The smallest absolute Gasteiger partial charge is 0.126 e. The van der Waals surface area contributed by atoms with Crippen LogP contribution in [0.5, 0.6) is 0 Å². The molecule has 0 aliphatic heterocycles. The Bertz CT molecular complexity index is 718. The predicted octanol–water partition coefficient (Wildman–Crippen LogP) is 4.60. The first-order valence-corrected chi connectivity index (χ1v) is 7.49. The van der Waals surface area contributed by atoms with Gasteiger partial charge in [-0.05, 0) is 36.4 Å². The highest BCUT2D eigenvalue weighted by Gasteiger charge is 2.11. The van der Waals surface area contributed by atoms with Crippen molar-refractivity contribution in [2.24, 2.45) is 0 Å². The van der Waals surface area contributed by atoms with Gasteiger partial charge in [0.25, 0.3) is 0 Å². The Morgan fingerprint density at radius 1 is 1.16 bits per heavy atom. The average molecular weight is 355 g/mol. The number of hydrogen-bond donors (Lipinski definition) is 1. The fourth-order valence-electron chi connectivity index (χ4n) is 1.75. The van der Waals surface area contributed by atoms with E-state index in [9.17, 15) is 0 Å². The minimum Gasteiger partial charge on any atom is -0.396 e. The maximum atomic E-state index is 6.02. The van der Waals surface area contributed by atoms with Gasteiger partial charge in [-0.2, -0.15) is 5.10 Å². The first-order chi connectivity index (χ1) is 9.13. The van der Waals surface area contributed by atoms with Crippen molar-refractivity contribution in [3.8, 4) is 16.3 Å². The number of halogens is 2. The molecule has 0 amide bonds. The summed E-state index contributed by atoms with van der Waals surface area (Å²) in [5.41, 5.74) is 8.39. The minimum atomic E-state index is 0.640. The zero-order chi connectivity index (χ0) is 13.4. The minimum absolute atomic E-state index is 0.640. The molecule has 0 aliphatic carbocycles. The lowest BCUT2D eigenvalue weighted by atomic mass is 10.3. The Balaban J connectivity index is 2.04. The van der Waals surface area contributed by atoms with Crippen molar-refractivity contribution in [1.82, 2.24) is 9.78 Å². The van der Waals surface area contributed by atoms with Crippen molar-refractivity contribution >= 4 is 44.6 Å². The van der Waals surface area contributed by atoms with Gasteiger partial charge >= 0.3 is 0 Å². The molecule has 2 heterocycles. The molecule has 0 spiro atoms. The summed E-state index contributed by atoms with van der Waals surface area (Å²) < 4.78 is 3.53. The fourth-order valence-corrected chi connectivity index (χ4v) is 3.06. The Labute approximate surface area is 127 Å². The monoisotopic (exact) mass is 353 g/mol. The molecule has 6 heteroatoms. The van der Waals surface area contributed by atoms with Crippen molar-refractivity contribution in [3.63, 3.8) is 0 Å². The molecule has 0 saturated heterocycles. The van der Waals surface area contributed by atoms with Crippen molar-refractivity contribution in [2.45, 2.75) is 0 Å². The maximum absolute atomic E-state index is 6.02. The van der Waals surface area contributed by atoms with Crippen LogP contribution in [0, 0.1) is 0 Å². The second-order valence-corrected chi connectivity index (χ2v) is 6.59. The molecule has 2 aromatic heterocycles. The number of anilines is 1. The number of nitrogen functional groups attached to an aromatic ring is 1. The largest absolute Gasteiger partial charge is 0.396 e. The van der Waals surface area contributed by atoms with Crippen LogP contribution in [-0.2, 0) is 0 Å². The third kappa shape index (κ3) is 2.54. The summed E-state index contributed by atoms with van der Waals surface area (Å²) >= 11 is 10.8. The third-order valence-corrected chi connectivity index (χ3v) is 4.41. The van der Waals surface area contributed by atoms with Crippen LogP contribution < -0.4 is 5.73 Å². The summed E-state index contributed by atoms with van der Waals surface area (Å²) in [6.45, 7) is 0. The van der Waals surface area contributed by atoms with E-state index in [1.54, 1.807) is 4.68 Å². The van der Waals surface area contributed by atoms with Gasteiger partial charge in [-0.25, -0.2) is 4.68 Å². The van der Waals surface area contributed by atoms with Gasteiger partial charge in [0.1, 0.15) is 5.69 Å². The number of nitrogens with two attached hydrogens (primary N) is 1. The van der Waals surface area contributed by atoms with Gasteiger partial charge in [0.15, 0.2) is 0 Å². The Kier molecular flexibility index (Phi) is 3.35. The molecule has 0 fully saturated rings. The molecule has 3 nitrogen and oxygen atoms in total. The summed E-state index contributed by atoms with van der Waals surface area (Å²) in [7, 11) is 0. The molecule has 0 bridgehead atoms. The second kappa shape index (κ2) is 5.00. The zero-order valence-electron chi connectivity index (χ0n) is 9.68. The van der Waals surface area contributed by atoms with Gasteiger partial charge in [-0.1, -0.05) is 27.5 Å². The van der Waals surface area contributed by atoms with E-state index in [1.165, 1.54) is 11.3 Å². The molecule has 3 rings (SSSR count). The van der Waals surface area contributed by atoms with Gasteiger partial charge in [-0.3, -0.25) is 0 Å². The van der Waals surface area contributed by atoms with Gasteiger partial charge in [-0.15, -0.1) is 11.3 Å². The van der Waals surface area contributed by atoms with Crippen LogP contribution >= 0.6 is 38.9 Å². The van der Waals surface area contributed by atoms with E-state index in [4.69, 9.17) is 17.3 Å².